The number of aromatic carboxylic acids is 1. The van der Waals surface area contributed by atoms with Gasteiger partial charge in [0.25, 0.3) is 5.69 Å². The molecule has 0 radical (unpaired) electrons. The van der Waals surface area contributed by atoms with Crippen molar-refractivity contribution in [2.24, 2.45) is 0 Å². The van der Waals surface area contributed by atoms with Crippen molar-refractivity contribution < 1.29 is 14.8 Å². The van der Waals surface area contributed by atoms with Crippen LogP contribution in [0.4, 0.5) is 5.69 Å². The molecular formula is C9H9Cl2NO4. The van der Waals surface area contributed by atoms with Crippen LogP contribution in [0.3, 0.4) is 0 Å². The Morgan fingerprint density at radius 1 is 1.31 bits per heavy atom. The summed E-state index contributed by atoms with van der Waals surface area (Å²) in [4.78, 5) is 20.2. The quantitative estimate of drug-likeness (QED) is 0.654. The molecule has 0 aliphatic carbocycles. The summed E-state index contributed by atoms with van der Waals surface area (Å²) in [5.74, 6) is -1.34. The molecule has 0 bridgehead atoms. The molecule has 7 heteroatoms. The largest absolute Gasteiger partial charge is 0.478 e. The molecule has 0 amide bonds. The minimum atomic E-state index is -1.34. The molecule has 1 aromatic carbocycles. The molecule has 1 rings (SSSR count). The van der Waals surface area contributed by atoms with E-state index in [4.69, 9.17) is 28.3 Å². The van der Waals surface area contributed by atoms with Gasteiger partial charge >= 0.3 is 5.97 Å². The monoisotopic (exact) mass is 265 g/mol. The Bertz CT molecular complexity index is 385. The molecule has 5 nitrogen and oxygen atoms in total. The summed E-state index contributed by atoms with van der Waals surface area (Å²) in [5.41, 5.74) is -0.823. The lowest BCUT2D eigenvalue weighted by Crippen LogP contribution is -1.99. The highest BCUT2D eigenvalue weighted by atomic mass is 35.5. The molecule has 0 aromatic heterocycles. The smallest absolute Gasteiger partial charge is 0.337 e. The van der Waals surface area contributed by atoms with Crippen LogP contribution in [-0.4, -0.2) is 16.0 Å². The van der Waals surface area contributed by atoms with Crippen molar-refractivity contribution in [1.29, 1.82) is 0 Å². The van der Waals surface area contributed by atoms with Crippen molar-refractivity contribution >= 4 is 34.9 Å². The second-order valence-corrected chi connectivity index (χ2v) is 3.16. The zero-order chi connectivity index (χ0) is 12.9. The number of benzene rings is 1. The van der Waals surface area contributed by atoms with Gasteiger partial charge in [-0.3, -0.25) is 10.1 Å². The molecule has 0 atom stereocenters. The number of rotatable bonds is 2. The van der Waals surface area contributed by atoms with E-state index in [-0.39, 0.29) is 15.6 Å². The van der Waals surface area contributed by atoms with Crippen LogP contribution < -0.4 is 0 Å². The highest BCUT2D eigenvalue weighted by Crippen LogP contribution is 2.30. The van der Waals surface area contributed by atoms with Gasteiger partial charge in [0.1, 0.15) is 5.02 Å². The van der Waals surface area contributed by atoms with Gasteiger partial charge in [-0.2, -0.15) is 0 Å². The Morgan fingerprint density at radius 2 is 1.81 bits per heavy atom. The maximum Gasteiger partial charge on any atom is 0.337 e. The van der Waals surface area contributed by atoms with Gasteiger partial charge in [0.05, 0.1) is 15.5 Å². The molecule has 0 unspecified atom stereocenters. The maximum absolute atomic E-state index is 10.6. The van der Waals surface area contributed by atoms with E-state index < -0.39 is 16.6 Å². The van der Waals surface area contributed by atoms with Gasteiger partial charge in [-0.05, 0) is 6.07 Å². The summed E-state index contributed by atoms with van der Waals surface area (Å²) in [6.45, 7) is 4.00. The molecule has 0 heterocycles. The normalized spacial score (nSPS) is 9.00. The number of nitrogens with zero attached hydrogens (tertiary/aromatic N) is 1. The average Bonchev–Trinajstić information content (AvgIpc) is 2.19. The lowest BCUT2D eigenvalue weighted by molar-refractivity contribution is -0.384. The van der Waals surface area contributed by atoms with Crippen molar-refractivity contribution in [1.82, 2.24) is 0 Å². The highest BCUT2D eigenvalue weighted by molar-refractivity contribution is 6.37. The maximum atomic E-state index is 10.6. The molecule has 0 fully saturated rings. The molecule has 1 N–H and O–H groups in total. The van der Waals surface area contributed by atoms with Crippen LogP contribution >= 0.6 is 23.2 Å². The third kappa shape index (κ3) is 3.36. The summed E-state index contributed by atoms with van der Waals surface area (Å²) in [7, 11) is 0. The standard InChI is InChI=1S/C7H3Cl2NO4.C2H6/c8-4-2-5(9)6(10(13)14)1-3(4)7(11)12;1-2/h1-2H,(H,11,12);1-2H3. The number of nitro benzene ring substituents is 1. The van der Waals surface area contributed by atoms with Crippen molar-refractivity contribution in [3.05, 3.63) is 37.9 Å². The van der Waals surface area contributed by atoms with Crippen molar-refractivity contribution in [3.63, 3.8) is 0 Å². The van der Waals surface area contributed by atoms with Gasteiger partial charge in [-0.25, -0.2) is 4.79 Å². The molecule has 0 aliphatic heterocycles. The number of carbonyl (C=O) groups is 1. The van der Waals surface area contributed by atoms with Gasteiger partial charge in [0, 0.05) is 6.07 Å². The molecule has 0 aliphatic rings. The fourth-order valence-electron chi connectivity index (χ4n) is 0.841. The van der Waals surface area contributed by atoms with E-state index in [1.807, 2.05) is 13.8 Å². The zero-order valence-corrected chi connectivity index (χ0v) is 10.0. The Balaban J connectivity index is 0.00000106. The number of hydrogen-bond acceptors (Lipinski definition) is 3. The SMILES string of the molecule is CC.O=C(O)c1cc([N+](=O)[O-])c(Cl)cc1Cl. The first-order valence-electron chi connectivity index (χ1n) is 4.30. The average molecular weight is 266 g/mol. The van der Waals surface area contributed by atoms with Crippen LogP contribution in [0.2, 0.25) is 10.0 Å². The van der Waals surface area contributed by atoms with E-state index >= 15 is 0 Å². The van der Waals surface area contributed by atoms with Gasteiger partial charge in [-0.1, -0.05) is 37.0 Å². The molecule has 1 aromatic rings. The minimum Gasteiger partial charge on any atom is -0.478 e. The number of halogens is 2. The van der Waals surface area contributed by atoms with Gasteiger partial charge in [-0.15, -0.1) is 0 Å². The van der Waals surface area contributed by atoms with Crippen molar-refractivity contribution in [2.45, 2.75) is 13.8 Å². The van der Waals surface area contributed by atoms with Gasteiger partial charge in [0.15, 0.2) is 0 Å². The van der Waals surface area contributed by atoms with E-state index in [2.05, 4.69) is 0 Å². The minimum absolute atomic E-state index is 0.131. The number of hydrogen-bond donors (Lipinski definition) is 1. The van der Waals surface area contributed by atoms with Crippen LogP contribution in [-0.2, 0) is 0 Å². The number of carboxylic acids is 1. The fraction of sp³-hybridized carbons (Fsp3) is 0.222. The van der Waals surface area contributed by atoms with E-state index in [0.29, 0.717) is 0 Å². The lowest BCUT2D eigenvalue weighted by Gasteiger charge is -2.00. The Kier molecular flexibility index (Phi) is 5.77. The number of carboxylic acid groups (broad SMARTS) is 1. The van der Waals surface area contributed by atoms with E-state index in [0.717, 1.165) is 12.1 Å². The summed E-state index contributed by atoms with van der Waals surface area (Å²) in [6, 6.07) is 1.86. The van der Waals surface area contributed by atoms with Gasteiger partial charge in [0.2, 0.25) is 0 Å². The van der Waals surface area contributed by atoms with E-state index in [9.17, 15) is 14.9 Å². The Labute approximate surface area is 102 Å². The van der Waals surface area contributed by atoms with Crippen LogP contribution in [0.25, 0.3) is 0 Å². The van der Waals surface area contributed by atoms with E-state index in [1.165, 1.54) is 0 Å². The molecule has 88 valence electrons. The van der Waals surface area contributed by atoms with E-state index in [1.54, 1.807) is 0 Å². The summed E-state index contributed by atoms with van der Waals surface area (Å²) < 4.78 is 0. The number of nitro groups is 1. The molecular weight excluding hydrogens is 257 g/mol. The zero-order valence-electron chi connectivity index (χ0n) is 8.53. The molecule has 0 saturated carbocycles. The Hall–Kier alpha value is -1.33. The summed E-state index contributed by atoms with van der Waals surface area (Å²) in [5, 5.41) is 18.7. The second kappa shape index (κ2) is 6.30. The topological polar surface area (TPSA) is 80.4 Å². The summed E-state index contributed by atoms with van der Waals surface area (Å²) in [6.07, 6.45) is 0. The molecule has 16 heavy (non-hydrogen) atoms. The van der Waals surface area contributed by atoms with Gasteiger partial charge < -0.3 is 5.11 Å². The predicted molar refractivity (Wildman–Crippen MR) is 61.4 cm³/mol. The van der Waals surface area contributed by atoms with Crippen LogP contribution in [0.1, 0.15) is 24.2 Å². The second-order valence-electron chi connectivity index (χ2n) is 2.35. The Morgan fingerprint density at radius 3 is 2.19 bits per heavy atom. The molecule has 0 saturated heterocycles. The lowest BCUT2D eigenvalue weighted by atomic mass is 10.2. The van der Waals surface area contributed by atoms with Crippen LogP contribution in [0, 0.1) is 10.1 Å². The van der Waals surface area contributed by atoms with Crippen molar-refractivity contribution in [3.8, 4) is 0 Å². The first-order valence-corrected chi connectivity index (χ1v) is 5.06. The highest BCUT2D eigenvalue weighted by Gasteiger charge is 2.19. The molecule has 0 spiro atoms. The van der Waals surface area contributed by atoms with Crippen molar-refractivity contribution in [2.75, 3.05) is 0 Å². The summed E-state index contributed by atoms with van der Waals surface area (Å²) >= 11 is 11.0. The fourth-order valence-corrected chi connectivity index (χ4v) is 1.37. The first kappa shape index (κ1) is 14.7. The van der Waals surface area contributed by atoms with Crippen LogP contribution in [0.5, 0.6) is 0 Å². The predicted octanol–water partition coefficient (Wildman–Crippen LogP) is 3.63. The third-order valence-electron chi connectivity index (χ3n) is 1.46. The van der Waals surface area contributed by atoms with Crippen LogP contribution in [0.15, 0.2) is 12.1 Å². The first-order chi connectivity index (χ1) is 7.43. The third-order valence-corrected chi connectivity index (χ3v) is 2.08.